The van der Waals surface area contributed by atoms with Crippen molar-refractivity contribution in [3.63, 3.8) is 0 Å². The Labute approximate surface area is 90.7 Å². The normalized spacial score (nSPS) is 16.8. The summed E-state index contributed by atoms with van der Waals surface area (Å²) in [6.45, 7) is 0.570. The van der Waals surface area contributed by atoms with Gasteiger partial charge in [0.2, 0.25) is 0 Å². The van der Waals surface area contributed by atoms with Crippen LogP contribution >= 0.6 is 0 Å². The number of rotatable bonds is 2. The number of hydrogen-bond donors (Lipinski definition) is 1. The summed E-state index contributed by atoms with van der Waals surface area (Å²) < 4.78 is 41.6. The van der Waals surface area contributed by atoms with Crippen LogP contribution in [0.3, 0.4) is 0 Å². The summed E-state index contributed by atoms with van der Waals surface area (Å²) in [7, 11) is 0. The van der Waals surface area contributed by atoms with E-state index in [4.69, 9.17) is 9.84 Å². The minimum Gasteiger partial charge on any atom is -0.493 e. The van der Waals surface area contributed by atoms with Crippen molar-refractivity contribution < 1.29 is 23.0 Å². The minimum atomic E-state index is -4.56. The van der Waals surface area contributed by atoms with Crippen LogP contribution in [-0.4, -0.2) is 24.0 Å². The lowest BCUT2D eigenvalue weighted by Gasteiger charge is -2.14. The van der Waals surface area contributed by atoms with Gasteiger partial charge in [-0.25, -0.2) is 0 Å². The summed E-state index contributed by atoms with van der Waals surface area (Å²) in [5.74, 6) is 0.727. The van der Waals surface area contributed by atoms with Gasteiger partial charge in [0, 0.05) is 12.8 Å². The smallest absolute Gasteiger partial charge is 0.414 e. The van der Waals surface area contributed by atoms with Gasteiger partial charge >= 0.3 is 6.18 Å². The molecule has 1 atom stereocenters. The first-order valence-electron chi connectivity index (χ1n) is 4.96. The molecule has 1 aliphatic rings. The molecule has 0 saturated carbocycles. The van der Waals surface area contributed by atoms with Gasteiger partial charge in [-0.2, -0.15) is 13.2 Å². The van der Waals surface area contributed by atoms with Crippen molar-refractivity contribution in [1.82, 2.24) is 0 Å². The second-order valence-electron chi connectivity index (χ2n) is 3.80. The van der Waals surface area contributed by atoms with E-state index < -0.39 is 18.7 Å². The van der Waals surface area contributed by atoms with Crippen LogP contribution in [0.4, 0.5) is 13.2 Å². The molecule has 16 heavy (non-hydrogen) atoms. The van der Waals surface area contributed by atoms with Crippen LogP contribution in [0, 0.1) is 0 Å². The number of benzene rings is 1. The number of fused-ring (bicyclic) bond motifs is 1. The molecule has 88 valence electrons. The van der Waals surface area contributed by atoms with E-state index in [-0.39, 0.29) is 0 Å². The van der Waals surface area contributed by atoms with Crippen molar-refractivity contribution in [1.29, 1.82) is 0 Å². The van der Waals surface area contributed by atoms with Crippen LogP contribution < -0.4 is 4.74 Å². The Morgan fingerprint density at radius 1 is 1.38 bits per heavy atom. The number of ether oxygens (including phenoxy) is 1. The molecule has 1 aliphatic heterocycles. The molecule has 5 heteroatoms. The molecular weight excluding hydrogens is 221 g/mol. The van der Waals surface area contributed by atoms with Gasteiger partial charge in [0.1, 0.15) is 5.75 Å². The van der Waals surface area contributed by atoms with E-state index in [1.165, 1.54) is 0 Å². The van der Waals surface area contributed by atoms with Gasteiger partial charge in [-0.15, -0.1) is 0 Å². The molecule has 1 aromatic carbocycles. The zero-order valence-corrected chi connectivity index (χ0v) is 8.42. The lowest BCUT2D eigenvalue weighted by atomic mass is 10.0. The highest BCUT2D eigenvalue weighted by molar-refractivity contribution is 5.40. The molecular formula is C11H11F3O2. The Kier molecular flexibility index (Phi) is 2.80. The van der Waals surface area contributed by atoms with Gasteiger partial charge < -0.3 is 9.84 Å². The number of aliphatic hydroxyl groups excluding tert-OH is 1. The fraction of sp³-hybridized carbons (Fsp3) is 0.455. The summed E-state index contributed by atoms with van der Waals surface area (Å²) in [5.41, 5.74) is 1.39. The maximum absolute atomic E-state index is 12.1. The Balaban J connectivity index is 2.11. The fourth-order valence-electron chi connectivity index (χ4n) is 1.71. The zero-order valence-electron chi connectivity index (χ0n) is 8.42. The quantitative estimate of drug-likeness (QED) is 0.846. The van der Waals surface area contributed by atoms with Crippen molar-refractivity contribution in [2.75, 3.05) is 6.61 Å². The maximum Gasteiger partial charge on any atom is 0.414 e. The third-order valence-electron chi connectivity index (χ3n) is 2.56. The highest BCUT2D eigenvalue weighted by Crippen LogP contribution is 2.28. The Hall–Kier alpha value is -1.23. The SMILES string of the molecule is O[C@H](Cc1ccc2c(c1)CCO2)C(F)(F)F. The molecule has 0 radical (unpaired) electrons. The lowest BCUT2D eigenvalue weighted by Crippen LogP contribution is -2.30. The Bertz CT molecular complexity index is 387. The molecule has 1 heterocycles. The van der Waals surface area contributed by atoms with Crippen LogP contribution in [0.1, 0.15) is 11.1 Å². The average Bonchev–Trinajstić information content (AvgIpc) is 2.63. The summed E-state index contributed by atoms with van der Waals surface area (Å²) in [4.78, 5) is 0. The van der Waals surface area contributed by atoms with E-state index in [0.717, 1.165) is 11.3 Å². The standard InChI is InChI=1S/C11H11F3O2/c12-11(13,14)10(15)6-7-1-2-9-8(5-7)3-4-16-9/h1-2,5,10,15H,3-4,6H2/t10-/m1/s1. The van der Waals surface area contributed by atoms with Crippen molar-refractivity contribution >= 4 is 0 Å². The molecule has 0 saturated heterocycles. The van der Waals surface area contributed by atoms with Gasteiger partial charge in [0.05, 0.1) is 6.61 Å². The van der Waals surface area contributed by atoms with Gasteiger partial charge in [-0.3, -0.25) is 0 Å². The summed E-state index contributed by atoms with van der Waals surface area (Å²) in [6.07, 6.45) is -6.55. The highest BCUT2D eigenvalue weighted by atomic mass is 19.4. The molecule has 0 bridgehead atoms. The van der Waals surface area contributed by atoms with Crippen LogP contribution in [0.5, 0.6) is 5.75 Å². The van der Waals surface area contributed by atoms with E-state index in [1.807, 2.05) is 0 Å². The average molecular weight is 232 g/mol. The maximum atomic E-state index is 12.1. The molecule has 0 spiro atoms. The van der Waals surface area contributed by atoms with Gasteiger partial charge in [-0.1, -0.05) is 12.1 Å². The van der Waals surface area contributed by atoms with E-state index in [9.17, 15) is 13.2 Å². The molecule has 2 rings (SSSR count). The fourth-order valence-corrected chi connectivity index (χ4v) is 1.71. The summed E-state index contributed by atoms with van der Waals surface area (Å²) in [5, 5.41) is 8.93. The van der Waals surface area contributed by atoms with E-state index in [0.29, 0.717) is 18.6 Å². The number of halogens is 3. The van der Waals surface area contributed by atoms with Crippen molar-refractivity contribution in [2.45, 2.75) is 25.1 Å². The third-order valence-corrected chi connectivity index (χ3v) is 2.56. The largest absolute Gasteiger partial charge is 0.493 e. The van der Waals surface area contributed by atoms with Gasteiger partial charge in [0.15, 0.2) is 6.10 Å². The number of hydrogen-bond acceptors (Lipinski definition) is 2. The molecule has 0 fully saturated rings. The molecule has 0 unspecified atom stereocenters. The molecule has 0 aromatic heterocycles. The van der Waals surface area contributed by atoms with Crippen LogP contribution in [0.2, 0.25) is 0 Å². The van der Waals surface area contributed by atoms with Crippen LogP contribution in [-0.2, 0) is 12.8 Å². The Morgan fingerprint density at radius 3 is 2.81 bits per heavy atom. The molecule has 1 N–H and O–H groups in total. The molecule has 0 aliphatic carbocycles. The number of aliphatic hydroxyl groups is 1. The van der Waals surface area contributed by atoms with Crippen molar-refractivity contribution in [2.24, 2.45) is 0 Å². The molecule has 1 aromatic rings. The van der Waals surface area contributed by atoms with Gasteiger partial charge in [-0.05, 0) is 17.2 Å². The monoisotopic (exact) mass is 232 g/mol. The zero-order chi connectivity index (χ0) is 11.8. The first-order chi connectivity index (χ1) is 7.47. The number of alkyl halides is 3. The van der Waals surface area contributed by atoms with E-state index in [2.05, 4.69) is 0 Å². The van der Waals surface area contributed by atoms with E-state index >= 15 is 0 Å². The first kappa shape index (κ1) is 11.3. The first-order valence-corrected chi connectivity index (χ1v) is 4.96. The van der Waals surface area contributed by atoms with Crippen LogP contribution in [0.15, 0.2) is 18.2 Å². The molecule has 2 nitrogen and oxygen atoms in total. The third kappa shape index (κ3) is 2.29. The predicted octanol–water partition coefficient (Wildman–Crippen LogP) is 2.09. The lowest BCUT2D eigenvalue weighted by molar-refractivity contribution is -0.203. The second kappa shape index (κ2) is 3.97. The minimum absolute atomic E-state index is 0.406. The van der Waals surface area contributed by atoms with E-state index in [1.54, 1.807) is 18.2 Å². The highest BCUT2D eigenvalue weighted by Gasteiger charge is 2.38. The topological polar surface area (TPSA) is 29.5 Å². The van der Waals surface area contributed by atoms with Crippen LogP contribution in [0.25, 0.3) is 0 Å². The Morgan fingerprint density at radius 2 is 2.12 bits per heavy atom. The van der Waals surface area contributed by atoms with Gasteiger partial charge in [0.25, 0.3) is 0 Å². The second-order valence-corrected chi connectivity index (χ2v) is 3.80. The summed E-state index contributed by atoms with van der Waals surface area (Å²) in [6, 6.07) is 4.87. The van der Waals surface area contributed by atoms with Crippen molar-refractivity contribution in [3.8, 4) is 5.75 Å². The van der Waals surface area contributed by atoms with Crippen molar-refractivity contribution in [3.05, 3.63) is 29.3 Å². The summed E-state index contributed by atoms with van der Waals surface area (Å²) >= 11 is 0. The molecule has 0 amide bonds. The predicted molar refractivity (Wildman–Crippen MR) is 51.4 cm³/mol.